The molecule has 1 amide bonds. The standard InChI is InChI=1S/C21H20F3N3O3S/c1-3-27-17-10-9-13(19(29)30-4-2)11-16(17)26-20(27)31-12-18(28)25-15-8-6-5-7-14(15)21(22,23)24/h5-11H,3-4,12H2,1-2H3,(H,25,28). The number of thioether (sulfide) groups is 1. The molecule has 0 saturated heterocycles. The van der Waals surface area contributed by atoms with E-state index in [4.69, 9.17) is 4.74 Å². The van der Waals surface area contributed by atoms with Crippen LogP contribution in [0.5, 0.6) is 0 Å². The van der Waals surface area contributed by atoms with Gasteiger partial charge in [0.25, 0.3) is 0 Å². The van der Waals surface area contributed by atoms with E-state index in [1.807, 2.05) is 11.5 Å². The summed E-state index contributed by atoms with van der Waals surface area (Å²) in [6, 6.07) is 9.83. The van der Waals surface area contributed by atoms with Gasteiger partial charge in [0.05, 0.1) is 40.2 Å². The first-order valence-corrected chi connectivity index (χ1v) is 10.5. The number of carbonyl (C=O) groups is 2. The Labute approximate surface area is 180 Å². The maximum atomic E-state index is 13.1. The molecule has 164 valence electrons. The SMILES string of the molecule is CCOC(=O)c1ccc2c(c1)nc(SCC(=O)Nc1ccccc1C(F)(F)F)n2CC. The predicted molar refractivity (Wildman–Crippen MR) is 112 cm³/mol. The molecule has 31 heavy (non-hydrogen) atoms. The van der Waals surface area contributed by atoms with E-state index in [1.54, 1.807) is 25.1 Å². The highest BCUT2D eigenvalue weighted by molar-refractivity contribution is 7.99. The van der Waals surface area contributed by atoms with Gasteiger partial charge in [0.1, 0.15) is 0 Å². The molecule has 2 aromatic carbocycles. The summed E-state index contributed by atoms with van der Waals surface area (Å²) in [5, 5.41) is 2.84. The summed E-state index contributed by atoms with van der Waals surface area (Å²) in [4.78, 5) is 28.7. The maximum absolute atomic E-state index is 13.1. The number of amides is 1. The van der Waals surface area contributed by atoms with Crippen molar-refractivity contribution in [3.8, 4) is 0 Å². The number of halogens is 3. The molecule has 0 radical (unpaired) electrons. The number of esters is 1. The lowest BCUT2D eigenvalue weighted by atomic mass is 10.1. The van der Waals surface area contributed by atoms with E-state index in [0.29, 0.717) is 22.8 Å². The Morgan fingerprint density at radius 2 is 1.90 bits per heavy atom. The normalized spacial score (nSPS) is 11.5. The number of alkyl halides is 3. The van der Waals surface area contributed by atoms with Crippen LogP contribution in [-0.2, 0) is 22.3 Å². The van der Waals surface area contributed by atoms with Crippen LogP contribution >= 0.6 is 11.8 Å². The molecule has 0 atom stereocenters. The number of rotatable bonds is 7. The zero-order valence-corrected chi connectivity index (χ0v) is 17.6. The van der Waals surface area contributed by atoms with Gasteiger partial charge in [0.2, 0.25) is 5.91 Å². The lowest BCUT2D eigenvalue weighted by molar-refractivity contribution is -0.137. The Bertz CT molecular complexity index is 1110. The van der Waals surface area contributed by atoms with E-state index >= 15 is 0 Å². The van der Waals surface area contributed by atoms with Crippen LogP contribution in [0.25, 0.3) is 11.0 Å². The fourth-order valence-corrected chi connectivity index (χ4v) is 3.90. The highest BCUT2D eigenvalue weighted by atomic mass is 32.2. The van der Waals surface area contributed by atoms with E-state index in [1.165, 1.54) is 18.2 Å². The molecule has 0 aliphatic carbocycles. The maximum Gasteiger partial charge on any atom is 0.418 e. The second kappa shape index (κ2) is 9.42. The van der Waals surface area contributed by atoms with Gasteiger partial charge in [-0.05, 0) is 44.2 Å². The molecule has 6 nitrogen and oxygen atoms in total. The average Bonchev–Trinajstić information content (AvgIpc) is 3.08. The van der Waals surface area contributed by atoms with Crippen molar-refractivity contribution in [2.24, 2.45) is 0 Å². The van der Waals surface area contributed by atoms with E-state index in [0.717, 1.165) is 23.3 Å². The molecule has 0 bridgehead atoms. The number of para-hydroxylation sites is 1. The van der Waals surface area contributed by atoms with Crippen molar-refractivity contribution >= 4 is 40.4 Å². The first-order valence-electron chi connectivity index (χ1n) is 9.50. The minimum absolute atomic E-state index is 0.125. The summed E-state index contributed by atoms with van der Waals surface area (Å²) in [6.07, 6.45) is -4.57. The smallest absolute Gasteiger partial charge is 0.418 e. The monoisotopic (exact) mass is 451 g/mol. The van der Waals surface area contributed by atoms with Crippen LogP contribution in [-0.4, -0.2) is 33.8 Å². The molecule has 1 aromatic heterocycles. The van der Waals surface area contributed by atoms with E-state index in [-0.39, 0.29) is 18.0 Å². The summed E-state index contributed by atoms with van der Waals surface area (Å²) in [5.74, 6) is -1.16. The zero-order valence-electron chi connectivity index (χ0n) is 16.8. The summed E-state index contributed by atoms with van der Waals surface area (Å²) in [6.45, 7) is 4.45. The Kier molecular flexibility index (Phi) is 6.89. The number of carbonyl (C=O) groups excluding carboxylic acids is 2. The number of hydrogen-bond donors (Lipinski definition) is 1. The summed E-state index contributed by atoms with van der Waals surface area (Å²) in [7, 11) is 0. The van der Waals surface area contributed by atoms with Gasteiger partial charge in [0.15, 0.2) is 5.16 Å². The number of aryl methyl sites for hydroxylation is 1. The third-order valence-corrected chi connectivity index (χ3v) is 5.36. The van der Waals surface area contributed by atoms with Crippen LogP contribution in [0, 0.1) is 0 Å². The van der Waals surface area contributed by atoms with Gasteiger partial charge in [-0.15, -0.1) is 0 Å². The number of nitrogens with zero attached hydrogens (tertiary/aromatic N) is 2. The van der Waals surface area contributed by atoms with Gasteiger partial charge in [0, 0.05) is 6.54 Å². The number of fused-ring (bicyclic) bond motifs is 1. The lowest BCUT2D eigenvalue weighted by Gasteiger charge is -2.13. The van der Waals surface area contributed by atoms with Crippen molar-refractivity contribution in [3.05, 3.63) is 53.6 Å². The molecule has 0 fully saturated rings. The number of anilines is 1. The van der Waals surface area contributed by atoms with Crippen LogP contribution in [0.1, 0.15) is 29.8 Å². The van der Waals surface area contributed by atoms with E-state index in [9.17, 15) is 22.8 Å². The van der Waals surface area contributed by atoms with Gasteiger partial charge in [-0.25, -0.2) is 9.78 Å². The van der Waals surface area contributed by atoms with Crippen LogP contribution < -0.4 is 5.32 Å². The summed E-state index contributed by atoms with van der Waals surface area (Å²) >= 11 is 1.10. The van der Waals surface area contributed by atoms with Crippen molar-refractivity contribution in [3.63, 3.8) is 0 Å². The van der Waals surface area contributed by atoms with Crippen molar-refractivity contribution in [2.45, 2.75) is 31.7 Å². The molecule has 1 heterocycles. The van der Waals surface area contributed by atoms with Crippen molar-refractivity contribution < 1.29 is 27.5 Å². The molecule has 1 N–H and O–H groups in total. The summed E-state index contributed by atoms with van der Waals surface area (Å²) < 4.78 is 46.2. The molecule has 10 heteroatoms. The number of nitrogens with one attached hydrogen (secondary N) is 1. The van der Waals surface area contributed by atoms with Crippen LogP contribution in [0.4, 0.5) is 18.9 Å². The Hall–Kier alpha value is -3.01. The molecule has 0 saturated carbocycles. The van der Waals surface area contributed by atoms with Gasteiger partial charge in [-0.3, -0.25) is 4.79 Å². The summed E-state index contributed by atoms with van der Waals surface area (Å²) in [5.41, 5.74) is 0.524. The molecular formula is C21H20F3N3O3S. The number of ether oxygens (including phenoxy) is 1. The quantitative estimate of drug-likeness (QED) is 0.405. The van der Waals surface area contributed by atoms with Crippen LogP contribution in [0.3, 0.4) is 0 Å². The molecule has 3 rings (SSSR count). The molecule has 3 aromatic rings. The third kappa shape index (κ3) is 5.19. The minimum atomic E-state index is -4.57. The Morgan fingerprint density at radius 1 is 1.16 bits per heavy atom. The highest BCUT2D eigenvalue weighted by Gasteiger charge is 2.33. The van der Waals surface area contributed by atoms with Crippen molar-refractivity contribution in [2.75, 3.05) is 17.7 Å². The topological polar surface area (TPSA) is 73.2 Å². The van der Waals surface area contributed by atoms with Gasteiger partial charge >= 0.3 is 12.1 Å². The second-order valence-corrected chi connectivity index (χ2v) is 7.39. The van der Waals surface area contributed by atoms with Gasteiger partial charge in [-0.1, -0.05) is 23.9 Å². The lowest BCUT2D eigenvalue weighted by Crippen LogP contribution is -2.18. The molecule has 0 spiro atoms. The fourth-order valence-electron chi connectivity index (χ4n) is 3.02. The number of aromatic nitrogens is 2. The van der Waals surface area contributed by atoms with Crippen molar-refractivity contribution in [1.82, 2.24) is 9.55 Å². The van der Waals surface area contributed by atoms with E-state index in [2.05, 4.69) is 10.3 Å². The Morgan fingerprint density at radius 3 is 2.58 bits per heavy atom. The molecular weight excluding hydrogens is 431 g/mol. The van der Waals surface area contributed by atoms with Crippen LogP contribution in [0.15, 0.2) is 47.6 Å². The fraction of sp³-hybridized carbons (Fsp3) is 0.286. The molecule has 0 aliphatic heterocycles. The van der Waals surface area contributed by atoms with E-state index < -0.39 is 23.6 Å². The second-order valence-electron chi connectivity index (χ2n) is 6.44. The first kappa shape index (κ1) is 22.7. The van der Waals surface area contributed by atoms with Gasteiger partial charge < -0.3 is 14.6 Å². The minimum Gasteiger partial charge on any atom is -0.462 e. The largest absolute Gasteiger partial charge is 0.462 e. The predicted octanol–water partition coefficient (Wildman–Crippen LogP) is 4.98. The first-order chi connectivity index (χ1) is 14.7. The Balaban J connectivity index is 1.76. The van der Waals surface area contributed by atoms with Gasteiger partial charge in [-0.2, -0.15) is 13.2 Å². The molecule has 0 unspecified atom stereocenters. The number of imidazole rings is 1. The zero-order chi connectivity index (χ0) is 22.6. The third-order valence-electron chi connectivity index (χ3n) is 4.38. The number of benzene rings is 2. The van der Waals surface area contributed by atoms with Crippen molar-refractivity contribution in [1.29, 1.82) is 0 Å². The average molecular weight is 451 g/mol. The highest BCUT2D eigenvalue weighted by Crippen LogP contribution is 2.34. The van der Waals surface area contributed by atoms with Crippen LogP contribution in [0.2, 0.25) is 0 Å². The molecule has 0 aliphatic rings. The number of hydrogen-bond acceptors (Lipinski definition) is 5.